The summed E-state index contributed by atoms with van der Waals surface area (Å²) in [5, 5.41) is 8.58. The lowest BCUT2D eigenvalue weighted by atomic mass is 10.0. The van der Waals surface area contributed by atoms with Crippen LogP contribution in [0.4, 0.5) is 0 Å². The van der Waals surface area contributed by atoms with Crippen LogP contribution in [0.15, 0.2) is 36.4 Å². The zero-order valence-corrected chi connectivity index (χ0v) is 26.6. The molecule has 0 spiro atoms. The van der Waals surface area contributed by atoms with Crippen LogP contribution < -0.4 is 30.2 Å². The number of methoxy groups -OCH3 is 3. The molecule has 1 aliphatic heterocycles. The molecule has 3 rings (SSSR count). The van der Waals surface area contributed by atoms with E-state index in [2.05, 4.69) is 16.0 Å². The van der Waals surface area contributed by atoms with Gasteiger partial charge < -0.3 is 39.8 Å². The van der Waals surface area contributed by atoms with Crippen molar-refractivity contribution in [3.05, 3.63) is 47.5 Å². The van der Waals surface area contributed by atoms with Crippen molar-refractivity contribution < 1.29 is 38.1 Å². The number of nitrogens with one attached hydrogen (secondary N) is 3. The molecular formula is C32H44N4O8. The van der Waals surface area contributed by atoms with E-state index in [0.29, 0.717) is 53.5 Å². The van der Waals surface area contributed by atoms with E-state index in [0.717, 1.165) is 0 Å². The van der Waals surface area contributed by atoms with Crippen molar-refractivity contribution in [3.8, 4) is 23.0 Å². The lowest BCUT2D eigenvalue weighted by molar-refractivity contribution is -0.153. The maximum absolute atomic E-state index is 13.4. The molecule has 240 valence electrons. The Morgan fingerprint density at radius 3 is 2.36 bits per heavy atom. The van der Waals surface area contributed by atoms with Gasteiger partial charge in [0.2, 0.25) is 11.8 Å². The number of carbonyl (C=O) groups excluding carboxylic acids is 4. The van der Waals surface area contributed by atoms with Crippen LogP contribution in [-0.2, 0) is 25.7 Å². The summed E-state index contributed by atoms with van der Waals surface area (Å²) >= 11 is 0. The quantitative estimate of drug-likeness (QED) is 0.468. The third-order valence-electron chi connectivity index (χ3n) is 7.45. The second-order valence-electron chi connectivity index (χ2n) is 11.3. The molecule has 0 saturated carbocycles. The first-order valence-electron chi connectivity index (χ1n) is 14.6. The lowest BCUT2D eigenvalue weighted by Crippen LogP contribution is -2.54. The van der Waals surface area contributed by atoms with E-state index in [1.54, 1.807) is 50.2 Å². The van der Waals surface area contributed by atoms with Gasteiger partial charge in [0.25, 0.3) is 11.8 Å². The van der Waals surface area contributed by atoms with Gasteiger partial charge in [-0.3, -0.25) is 19.2 Å². The molecule has 4 amide bonds. The van der Waals surface area contributed by atoms with Gasteiger partial charge in [-0.15, -0.1) is 0 Å². The van der Waals surface area contributed by atoms with Crippen molar-refractivity contribution in [1.82, 2.24) is 20.9 Å². The van der Waals surface area contributed by atoms with Gasteiger partial charge in [0.15, 0.2) is 11.5 Å². The highest BCUT2D eigenvalue weighted by Gasteiger charge is 2.34. The van der Waals surface area contributed by atoms with E-state index in [1.165, 1.54) is 26.2 Å². The normalized spacial score (nSPS) is 17.4. The van der Waals surface area contributed by atoms with Gasteiger partial charge in [-0.2, -0.15) is 0 Å². The van der Waals surface area contributed by atoms with E-state index in [4.69, 9.17) is 18.9 Å². The minimum absolute atomic E-state index is 0.0202. The minimum atomic E-state index is -1.16. The molecule has 2 bridgehead atoms. The van der Waals surface area contributed by atoms with E-state index in [1.807, 2.05) is 13.8 Å². The van der Waals surface area contributed by atoms with Crippen molar-refractivity contribution in [2.45, 2.75) is 58.7 Å². The molecule has 44 heavy (non-hydrogen) atoms. The SMILES string of the molecule is COc1ccc2cc1Oc1cccc(OC)c1CNC(=O)[C@@H](C(C)C)NC(=O)CN(C(=O)C(C)(C)OC)CCCCNC2=O. The summed E-state index contributed by atoms with van der Waals surface area (Å²) in [6, 6.07) is 9.21. The summed E-state index contributed by atoms with van der Waals surface area (Å²) in [5.41, 5.74) is -0.248. The molecule has 0 radical (unpaired) electrons. The zero-order valence-electron chi connectivity index (χ0n) is 26.6. The van der Waals surface area contributed by atoms with Crippen molar-refractivity contribution in [1.29, 1.82) is 0 Å². The van der Waals surface area contributed by atoms with Crippen LogP contribution in [0.2, 0.25) is 0 Å². The Hall–Kier alpha value is -4.32. The summed E-state index contributed by atoms with van der Waals surface area (Å²) in [5.74, 6) is -0.239. The number of carbonyl (C=O) groups is 4. The van der Waals surface area contributed by atoms with Crippen LogP contribution in [0.5, 0.6) is 23.0 Å². The molecule has 1 heterocycles. The Morgan fingerprint density at radius 1 is 0.977 bits per heavy atom. The van der Waals surface area contributed by atoms with Gasteiger partial charge in [0, 0.05) is 25.8 Å². The van der Waals surface area contributed by atoms with Gasteiger partial charge >= 0.3 is 0 Å². The molecule has 3 N–H and O–H groups in total. The number of amides is 4. The minimum Gasteiger partial charge on any atom is -0.496 e. The van der Waals surface area contributed by atoms with E-state index in [-0.39, 0.29) is 37.4 Å². The highest BCUT2D eigenvalue weighted by Crippen LogP contribution is 2.37. The number of hydrogen-bond donors (Lipinski definition) is 3. The number of rotatable bonds is 5. The first-order chi connectivity index (χ1) is 20.9. The molecule has 1 aliphatic rings. The lowest BCUT2D eigenvalue weighted by Gasteiger charge is -2.31. The Bertz CT molecular complexity index is 1340. The van der Waals surface area contributed by atoms with Gasteiger partial charge in [-0.1, -0.05) is 19.9 Å². The smallest absolute Gasteiger partial charge is 0.254 e. The van der Waals surface area contributed by atoms with Crippen molar-refractivity contribution in [2.75, 3.05) is 41.0 Å². The maximum Gasteiger partial charge on any atom is 0.254 e. The third kappa shape index (κ3) is 8.62. The number of fused-ring (bicyclic) bond motifs is 3. The third-order valence-corrected chi connectivity index (χ3v) is 7.45. The largest absolute Gasteiger partial charge is 0.496 e. The molecule has 2 aromatic rings. The van der Waals surface area contributed by atoms with Crippen LogP contribution in [0.25, 0.3) is 0 Å². The predicted octanol–water partition coefficient (Wildman–Crippen LogP) is 3.03. The first kappa shape index (κ1) is 34.2. The molecular weight excluding hydrogens is 568 g/mol. The molecule has 0 fully saturated rings. The maximum atomic E-state index is 13.4. The van der Waals surface area contributed by atoms with Gasteiger partial charge in [0.05, 0.1) is 32.9 Å². The van der Waals surface area contributed by atoms with Crippen LogP contribution >= 0.6 is 0 Å². The van der Waals surface area contributed by atoms with Crippen molar-refractivity contribution in [3.63, 3.8) is 0 Å². The Kier molecular flexibility index (Phi) is 12.0. The Balaban J connectivity index is 2.00. The molecule has 1 atom stereocenters. The Labute approximate surface area is 258 Å². The monoisotopic (exact) mass is 612 g/mol. The second-order valence-corrected chi connectivity index (χ2v) is 11.3. The summed E-state index contributed by atoms with van der Waals surface area (Å²) in [7, 11) is 4.44. The summed E-state index contributed by atoms with van der Waals surface area (Å²) in [6.07, 6.45) is 1.07. The molecule has 0 aliphatic carbocycles. The number of nitrogens with zero attached hydrogens (tertiary/aromatic N) is 1. The summed E-state index contributed by atoms with van der Waals surface area (Å²) in [6.45, 7) is 7.28. The van der Waals surface area contributed by atoms with Crippen molar-refractivity contribution >= 4 is 23.6 Å². The molecule has 0 aromatic heterocycles. The molecule has 2 aromatic carbocycles. The van der Waals surface area contributed by atoms with Gasteiger partial charge in [-0.05, 0) is 62.9 Å². The van der Waals surface area contributed by atoms with Crippen LogP contribution in [0.3, 0.4) is 0 Å². The summed E-state index contributed by atoms with van der Waals surface area (Å²) in [4.78, 5) is 54.3. The van der Waals surface area contributed by atoms with Crippen molar-refractivity contribution in [2.24, 2.45) is 5.92 Å². The highest BCUT2D eigenvalue weighted by molar-refractivity contribution is 5.95. The standard InChI is InChI=1S/C32H44N4O8/c1-20(2)28-30(39)34-18-22-23(41-5)11-10-12-24(22)44-26-17-21(13-14-25(26)42-6)29(38)33-15-8-9-16-36(19-27(37)35-28)31(40)32(3,4)43-7/h10-14,17,20,28H,8-9,15-16,18-19H2,1-7H3,(H,33,38)(H,34,39)(H,35,37)/t28-/m1/s1. The predicted molar refractivity (Wildman–Crippen MR) is 164 cm³/mol. The fourth-order valence-corrected chi connectivity index (χ4v) is 4.69. The second kappa shape index (κ2) is 15.4. The average Bonchev–Trinajstić information content (AvgIpc) is 3.00. The number of hydrogen-bond acceptors (Lipinski definition) is 8. The van der Waals surface area contributed by atoms with Crippen LogP contribution in [0, 0.1) is 5.92 Å². The highest BCUT2D eigenvalue weighted by atomic mass is 16.5. The fraction of sp³-hybridized carbons (Fsp3) is 0.500. The zero-order chi connectivity index (χ0) is 32.4. The topological polar surface area (TPSA) is 145 Å². The molecule has 0 saturated heterocycles. The van der Waals surface area contributed by atoms with E-state index < -0.39 is 23.5 Å². The van der Waals surface area contributed by atoms with Crippen LogP contribution in [-0.4, -0.2) is 81.1 Å². The molecule has 12 nitrogen and oxygen atoms in total. The average molecular weight is 613 g/mol. The van der Waals surface area contributed by atoms with E-state index >= 15 is 0 Å². The first-order valence-corrected chi connectivity index (χ1v) is 14.6. The molecule has 0 unspecified atom stereocenters. The van der Waals surface area contributed by atoms with Gasteiger partial charge in [-0.25, -0.2) is 0 Å². The number of benzene rings is 2. The number of ether oxygens (including phenoxy) is 4. The summed E-state index contributed by atoms with van der Waals surface area (Å²) < 4.78 is 22.7. The van der Waals surface area contributed by atoms with E-state index in [9.17, 15) is 19.2 Å². The van der Waals surface area contributed by atoms with Gasteiger partial charge in [0.1, 0.15) is 23.1 Å². The fourth-order valence-electron chi connectivity index (χ4n) is 4.69. The molecule has 12 heteroatoms. The Morgan fingerprint density at radius 2 is 1.70 bits per heavy atom. The van der Waals surface area contributed by atoms with Crippen LogP contribution in [0.1, 0.15) is 56.5 Å².